The molecule has 2 rings (SSSR count). The molecule has 0 aromatic heterocycles. The number of carboxylic acids is 1. The maximum absolute atomic E-state index is 10.9. The van der Waals surface area contributed by atoms with E-state index in [0.29, 0.717) is 6.54 Å². The van der Waals surface area contributed by atoms with Crippen LogP contribution in [0.5, 0.6) is 5.75 Å². The van der Waals surface area contributed by atoms with Crippen LogP contribution in [0.1, 0.15) is 15.9 Å². The molecule has 104 valence electrons. The first kappa shape index (κ1) is 14.4. The van der Waals surface area contributed by atoms with Crippen molar-refractivity contribution in [3.8, 4) is 5.75 Å². The number of ether oxygens (including phenoxy) is 1. The quantitative estimate of drug-likeness (QED) is 0.873. The number of aromatic carboxylic acids is 1. The molecule has 0 aliphatic rings. The smallest absolute Gasteiger partial charge is 0.335 e. The van der Waals surface area contributed by atoms with E-state index in [1.165, 1.54) is 0 Å². The van der Waals surface area contributed by atoms with Crippen LogP contribution in [0.2, 0.25) is 0 Å². The number of hydrogen-bond acceptors (Lipinski definition) is 3. The fraction of sp³-hybridized carbons (Fsp3) is 0.133. The zero-order chi connectivity index (χ0) is 14.5. The Morgan fingerprint density at radius 3 is 2.75 bits per heavy atom. The second kappa shape index (κ2) is 6.43. The van der Waals surface area contributed by atoms with Gasteiger partial charge in [0.15, 0.2) is 0 Å². The number of nitrogens with one attached hydrogen (secondary N) is 1. The average Bonchev–Trinajstić information content (AvgIpc) is 2.45. The van der Waals surface area contributed by atoms with Crippen molar-refractivity contribution in [3.63, 3.8) is 0 Å². The second-order valence-electron chi connectivity index (χ2n) is 4.21. The lowest BCUT2D eigenvalue weighted by molar-refractivity contribution is 0.0697. The molecule has 0 saturated heterocycles. The van der Waals surface area contributed by atoms with Crippen LogP contribution in [0.25, 0.3) is 0 Å². The number of halogens is 1. The summed E-state index contributed by atoms with van der Waals surface area (Å²) in [4.78, 5) is 10.9. The van der Waals surface area contributed by atoms with Gasteiger partial charge in [-0.05, 0) is 51.8 Å². The van der Waals surface area contributed by atoms with Crippen molar-refractivity contribution >= 4 is 27.6 Å². The maximum Gasteiger partial charge on any atom is 0.335 e. The van der Waals surface area contributed by atoms with Crippen molar-refractivity contribution in [3.05, 3.63) is 58.1 Å². The fourth-order valence-electron chi connectivity index (χ4n) is 1.79. The van der Waals surface area contributed by atoms with E-state index in [1.54, 1.807) is 25.3 Å². The zero-order valence-electron chi connectivity index (χ0n) is 10.9. The van der Waals surface area contributed by atoms with Crippen LogP contribution in [-0.4, -0.2) is 18.2 Å². The van der Waals surface area contributed by atoms with Crippen LogP contribution in [0.15, 0.2) is 46.9 Å². The monoisotopic (exact) mass is 335 g/mol. The Kier molecular flexibility index (Phi) is 4.63. The van der Waals surface area contributed by atoms with Gasteiger partial charge in [0.1, 0.15) is 5.75 Å². The number of methoxy groups -OCH3 is 1. The Bertz CT molecular complexity index is 628. The van der Waals surface area contributed by atoms with Gasteiger partial charge in [-0.25, -0.2) is 4.79 Å². The minimum absolute atomic E-state index is 0.269. The van der Waals surface area contributed by atoms with Crippen molar-refractivity contribution in [1.29, 1.82) is 0 Å². The number of rotatable bonds is 5. The normalized spacial score (nSPS) is 10.1. The summed E-state index contributed by atoms with van der Waals surface area (Å²) in [6.45, 7) is 0.603. The number of carboxylic acid groups (broad SMARTS) is 1. The highest BCUT2D eigenvalue weighted by molar-refractivity contribution is 9.10. The SMILES string of the molecule is COc1ccc(CNc2cccc(C(=O)O)c2)cc1Br. The summed E-state index contributed by atoms with van der Waals surface area (Å²) in [6, 6.07) is 12.5. The van der Waals surface area contributed by atoms with Gasteiger partial charge in [0, 0.05) is 12.2 Å². The molecule has 2 N–H and O–H groups in total. The van der Waals surface area contributed by atoms with Crippen molar-refractivity contribution in [2.24, 2.45) is 0 Å². The van der Waals surface area contributed by atoms with Crippen molar-refractivity contribution < 1.29 is 14.6 Å². The van der Waals surface area contributed by atoms with Gasteiger partial charge in [-0.2, -0.15) is 0 Å². The summed E-state index contributed by atoms with van der Waals surface area (Å²) >= 11 is 3.43. The summed E-state index contributed by atoms with van der Waals surface area (Å²) < 4.78 is 6.06. The van der Waals surface area contributed by atoms with Gasteiger partial charge >= 0.3 is 5.97 Å². The molecule has 0 fully saturated rings. The Hall–Kier alpha value is -2.01. The first-order valence-corrected chi connectivity index (χ1v) is 6.79. The lowest BCUT2D eigenvalue weighted by Gasteiger charge is -2.09. The predicted molar refractivity (Wildman–Crippen MR) is 81.4 cm³/mol. The molecule has 20 heavy (non-hydrogen) atoms. The van der Waals surface area contributed by atoms with Crippen LogP contribution in [0.4, 0.5) is 5.69 Å². The second-order valence-corrected chi connectivity index (χ2v) is 5.06. The number of benzene rings is 2. The van der Waals surface area contributed by atoms with Crippen LogP contribution < -0.4 is 10.1 Å². The van der Waals surface area contributed by atoms with Gasteiger partial charge in [-0.3, -0.25) is 0 Å². The molecule has 0 bridgehead atoms. The van der Waals surface area contributed by atoms with Gasteiger partial charge in [0.2, 0.25) is 0 Å². The molecule has 0 unspecified atom stereocenters. The molecule has 4 nitrogen and oxygen atoms in total. The topological polar surface area (TPSA) is 58.6 Å². The molecule has 2 aromatic rings. The third-order valence-corrected chi connectivity index (χ3v) is 3.44. The number of hydrogen-bond donors (Lipinski definition) is 2. The minimum atomic E-state index is -0.930. The molecule has 0 radical (unpaired) electrons. The Morgan fingerprint density at radius 1 is 1.30 bits per heavy atom. The molecule has 0 aliphatic carbocycles. The van der Waals surface area contributed by atoms with Crippen LogP contribution >= 0.6 is 15.9 Å². The third kappa shape index (κ3) is 3.51. The van der Waals surface area contributed by atoms with Gasteiger partial charge in [-0.15, -0.1) is 0 Å². The summed E-state index contributed by atoms with van der Waals surface area (Å²) in [5.41, 5.74) is 2.11. The molecule has 0 aliphatic heterocycles. The van der Waals surface area contributed by atoms with Crippen molar-refractivity contribution in [2.75, 3.05) is 12.4 Å². The summed E-state index contributed by atoms with van der Waals surface area (Å²) in [7, 11) is 1.62. The first-order valence-electron chi connectivity index (χ1n) is 6.00. The molecular weight excluding hydrogens is 322 g/mol. The largest absolute Gasteiger partial charge is 0.496 e. The molecule has 0 atom stereocenters. The van der Waals surface area contributed by atoms with E-state index in [9.17, 15) is 4.79 Å². The van der Waals surface area contributed by atoms with Crippen LogP contribution in [-0.2, 0) is 6.54 Å². The molecule has 0 heterocycles. The lowest BCUT2D eigenvalue weighted by atomic mass is 10.2. The van der Waals surface area contributed by atoms with Gasteiger partial charge in [-0.1, -0.05) is 12.1 Å². The average molecular weight is 336 g/mol. The highest BCUT2D eigenvalue weighted by Crippen LogP contribution is 2.25. The van der Waals surface area contributed by atoms with Crippen LogP contribution in [0.3, 0.4) is 0 Å². The fourth-order valence-corrected chi connectivity index (χ4v) is 2.37. The van der Waals surface area contributed by atoms with Crippen LogP contribution in [0, 0.1) is 0 Å². The Balaban J connectivity index is 2.07. The minimum Gasteiger partial charge on any atom is -0.496 e. The molecule has 0 spiro atoms. The van der Waals surface area contributed by atoms with Gasteiger partial charge in [0.25, 0.3) is 0 Å². The number of anilines is 1. The van der Waals surface area contributed by atoms with E-state index in [4.69, 9.17) is 9.84 Å². The lowest BCUT2D eigenvalue weighted by Crippen LogP contribution is -2.02. The van der Waals surface area contributed by atoms with Crippen molar-refractivity contribution in [1.82, 2.24) is 0 Å². The highest BCUT2D eigenvalue weighted by Gasteiger charge is 2.04. The summed E-state index contributed by atoms with van der Waals surface area (Å²) in [5.74, 6) is -0.150. The molecule has 2 aromatic carbocycles. The highest BCUT2D eigenvalue weighted by atomic mass is 79.9. The zero-order valence-corrected chi connectivity index (χ0v) is 12.5. The summed E-state index contributed by atoms with van der Waals surface area (Å²) in [5, 5.41) is 12.1. The predicted octanol–water partition coefficient (Wildman–Crippen LogP) is 3.77. The van der Waals surface area contributed by atoms with Crippen molar-refractivity contribution in [2.45, 2.75) is 6.54 Å². The molecule has 0 amide bonds. The van der Waals surface area contributed by atoms with Gasteiger partial charge in [0.05, 0.1) is 17.1 Å². The molecule has 0 saturated carbocycles. The molecule has 5 heteroatoms. The van der Waals surface area contributed by atoms with E-state index in [0.717, 1.165) is 21.5 Å². The van der Waals surface area contributed by atoms with E-state index >= 15 is 0 Å². The van der Waals surface area contributed by atoms with E-state index < -0.39 is 5.97 Å². The first-order chi connectivity index (χ1) is 9.60. The Labute approximate surface area is 125 Å². The van der Waals surface area contributed by atoms with E-state index in [-0.39, 0.29) is 5.56 Å². The standard InChI is InChI=1S/C15H14BrNO3/c1-20-14-6-5-10(7-13(14)16)9-17-12-4-2-3-11(8-12)15(18)19/h2-8,17H,9H2,1H3,(H,18,19). The van der Waals surface area contributed by atoms with E-state index in [1.807, 2.05) is 24.3 Å². The number of carbonyl (C=O) groups is 1. The maximum atomic E-state index is 10.9. The third-order valence-electron chi connectivity index (χ3n) is 2.82. The van der Waals surface area contributed by atoms with Gasteiger partial charge < -0.3 is 15.2 Å². The summed E-state index contributed by atoms with van der Waals surface area (Å²) in [6.07, 6.45) is 0. The molecular formula is C15H14BrNO3. The van der Waals surface area contributed by atoms with E-state index in [2.05, 4.69) is 21.2 Å². The Morgan fingerprint density at radius 2 is 2.10 bits per heavy atom.